The van der Waals surface area contributed by atoms with Crippen molar-refractivity contribution >= 4 is 17.6 Å². The number of hydrogen-bond donors (Lipinski definition) is 0. The summed E-state index contributed by atoms with van der Waals surface area (Å²) in [7, 11) is 2.91. The lowest BCUT2D eigenvalue weighted by Crippen LogP contribution is -2.59. The second-order valence-electron chi connectivity index (χ2n) is 4.57. The van der Waals surface area contributed by atoms with Gasteiger partial charge < -0.3 is 14.4 Å². The summed E-state index contributed by atoms with van der Waals surface area (Å²) in [5, 5.41) is 0. The summed E-state index contributed by atoms with van der Waals surface area (Å²) < 4.78 is 9.65. The third kappa shape index (κ3) is 2.52. The standard InChI is InChI=1S/C15H17NO4/c1-10-13(8-9-14(17)20-3)16(15(10)18)11-4-6-12(19-2)7-5-11/h4-10,13H,1-3H3/b9-8+/t10-,13+/m0/s1. The molecule has 2 rings (SSSR count). The number of nitrogens with zero attached hydrogens (tertiary/aromatic N) is 1. The van der Waals surface area contributed by atoms with Gasteiger partial charge in [-0.15, -0.1) is 0 Å². The van der Waals surface area contributed by atoms with E-state index in [-0.39, 0.29) is 17.9 Å². The van der Waals surface area contributed by atoms with E-state index in [9.17, 15) is 9.59 Å². The summed E-state index contributed by atoms with van der Waals surface area (Å²) in [6.45, 7) is 1.84. The first-order valence-electron chi connectivity index (χ1n) is 6.31. The van der Waals surface area contributed by atoms with Gasteiger partial charge in [-0.2, -0.15) is 0 Å². The quantitative estimate of drug-likeness (QED) is 0.477. The van der Waals surface area contributed by atoms with Gasteiger partial charge in [0.1, 0.15) is 5.75 Å². The van der Waals surface area contributed by atoms with Crippen LogP contribution in [0, 0.1) is 5.92 Å². The van der Waals surface area contributed by atoms with Crippen LogP contribution in [-0.4, -0.2) is 32.1 Å². The largest absolute Gasteiger partial charge is 0.497 e. The zero-order chi connectivity index (χ0) is 14.7. The molecule has 1 fully saturated rings. The Labute approximate surface area is 117 Å². The lowest BCUT2D eigenvalue weighted by atomic mass is 9.88. The Morgan fingerprint density at radius 3 is 2.45 bits per heavy atom. The predicted octanol–water partition coefficient (Wildman–Crippen LogP) is 1.78. The molecule has 0 aromatic heterocycles. The Balaban J connectivity index is 2.17. The zero-order valence-corrected chi connectivity index (χ0v) is 11.7. The lowest BCUT2D eigenvalue weighted by molar-refractivity contribution is -0.135. The van der Waals surface area contributed by atoms with Crippen LogP contribution in [0.3, 0.4) is 0 Å². The number of rotatable bonds is 4. The monoisotopic (exact) mass is 275 g/mol. The third-order valence-electron chi connectivity index (χ3n) is 3.42. The van der Waals surface area contributed by atoms with E-state index in [1.54, 1.807) is 30.2 Å². The fourth-order valence-electron chi connectivity index (χ4n) is 2.19. The van der Waals surface area contributed by atoms with Crippen molar-refractivity contribution in [2.24, 2.45) is 5.92 Å². The summed E-state index contributed by atoms with van der Waals surface area (Å²) in [6, 6.07) is 7.11. The molecule has 1 aromatic rings. The molecule has 0 spiro atoms. The Bertz CT molecular complexity index is 535. The van der Waals surface area contributed by atoms with Gasteiger partial charge in [0.2, 0.25) is 5.91 Å². The maximum atomic E-state index is 12.0. The highest BCUT2D eigenvalue weighted by Gasteiger charge is 2.43. The van der Waals surface area contributed by atoms with Crippen LogP contribution in [0.5, 0.6) is 5.75 Å². The fourth-order valence-corrected chi connectivity index (χ4v) is 2.19. The number of ether oxygens (including phenoxy) is 2. The number of methoxy groups -OCH3 is 2. The van der Waals surface area contributed by atoms with Crippen molar-refractivity contribution < 1.29 is 19.1 Å². The number of anilines is 1. The maximum Gasteiger partial charge on any atom is 0.330 e. The molecule has 0 unspecified atom stereocenters. The van der Waals surface area contributed by atoms with Gasteiger partial charge in [-0.1, -0.05) is 13.0 Å². The molecule has 0 saturated carbocycles. The van der Waals surface area contributed by atoms with Gasteiger partial charge in [0, 0.05) is 11.8 Å². The van der Waals surface area contributed by atoms with Gasteiger partial charge in [-0.3, -0.25) is 4.79 Å². The molecule has 0 N–H and O–H groups in total. The highest BCUT2D eigenvalue weighted by molar-refractivity contribution is 6.03. The topological polar surface area (TPSA) is 55.8 Å². The highest BCUT2D eigenvalue weighted by Crippen LogP contribution is 2.34. The number of hydrogen-bond acceptors (Lipinski definition) is 4. The molecule has 1 aromatic carbocycles. The molecule has 0 radical (unpaired) electrons. The minimum Gasteiger partial charge on any atom is -0.497 e. The molecule has 5 nitrogen and oxygen atoms in total. The van der Waals surface area contributed by atoms with Crippen LogP contribution in [0.2, 0.25) is 0 Å². The number of benzene rings is 1. The van der Waals surface area contributed by atoms with E-state index in [0.29, 0.717) is 0 Å². The Morgan fingerprint density at radius 1 is 1.25 bits per heavy atom. The molecule has 5 heteroatoms. The van der Waals surface area contributed by atoms with Gasteiger partial charge in [0.25, 0.3) is 0 Å². The molecule has 1 heterocycles. The number of esters is 1. The highest BCUT2D eigenvalue weighted by atomic mass is 16.5. The smallest absolute Gasteiger partial charge is 0.330 e. The van der Waals surface area contributed by atoms with Crippen LogP contribution >= 0.6 is 0 Å². The molecule has 1 saturated heterocycles. The molecule has 20 heavy (non-hydrogen) atoms. The first-order chi connectivity index (χ1) is 9.58. The number of amides is 1. The summed E-state index contributed by atoms with van der Waals surface area (Å²) in [5.41, 5.74) is 0.786. The average molecular weight is 275 g/mol. The lowest BCUT2D eigenvalue weighted by Gasteiger charge is -2.44. The van der Waals surface area contributed by atoms with Crippen LogP contribution in [0.1, 0.15) is 6.92 Å². The van der Waals surface area contributed by atoms with E-state index in [1.807, 2.05) is 19.1 Å². The summed E-state index contributed by atoms with van der Waals surface area (Å²) in [5.74, 6) is 0.204. The van der Waals surface area contributed by atoms with Crippen molar-refractivity contribution in [2.75, 3.05) is 19.1 Å². The Morgan fingerprint density at radius 2 is 1.90 bits per heavy atom. The van der Waals surface area contributed by atoms with Crippen molar-refractivity contribution in [2.45, 2.75) is 13.0 Å². The molecule has 1 amide bonds. The number of carbonyl (C=O) groups excluding carboxylic acids is 2. The molecule has 1 aliphatic heterocycles. The number of carbonyl (C=O) groups is 2. The minimum atomic E-state index is -0.425. The first-order valence-corrected chi connectivity index (χ1v) is 6.31. The van der Waals surface area contributed by atoms with Gasteiger partial charge in [-0.25, -0.2) is 4.79 Å². The van der Waals surface area contributed by atoms with Crippen molar-refractivity contribution in [1.29, 1.82) is 0 Å². The van der Waals surface area contributed by atoms with Crippen molar-refractivity contribution in [3.8, 4) is 5.75 Å². The van der Waals surface area contributed by atoms with E-state index in [4.69, 9.17) is 4.74 Å². The third-order valence-corrected chi connectivity index (χ3v) is 3.42. The normalized spacial score (nSPS) is 21.8. The number of β-lactam (4-membered cyclic amide) rings is 1. The van der Waals surface area contributed by atoms with Crippen LogP contribution in [0.25, 0.3) is 0 Å². The minimum absolute atomic E-state index is 0.0367. The summed E-state index contributed by atoms with van der Waals surface area (Å²) in [4.78, 5) is 24.8. The molecular formula is C15H17NO4. The van der Waals surface area contributed by atoms with E-state index >= 15 is 0 Å². The average Bonchev–Trinajstić information content (AvgIpc) is 2.50. The van der Waals surface area contributed by atoms with Crippen molar-refractivity contribution in [3.05, 3.63) is 36.4 Å². The second kappa shape index (κ2) is 5.77. The van der Waals surface area contributed by atoms with Crippen LogP contribution in [-0.2, 0) is 14.3 Å². The van der Waals surface area contributed by atoms with Gasteiger partial charge in [-0.05, 0) is 24.3 Å². The molecular weight excluding hydrogens is 258 g/mol. The maximum absolute atomic E-state index is 12.0. The molecule has 0 aliphatic carbocycles. The van der Waals surface area contributed by atoms with E-state index < -0.39 is 5.97 Å². The van der Waals surface area contributed by atoms with Gasteiger partial charge in [0.15, 0.2) is 0 Å². The van der Waals surface area contributed by atoms with E-state index in [0.717, 1.165) is 11.4 Å². The van der Waals surface area contributed by atoms with Crippen LogP contribution < -0.4 is 9.64 Å². The van der Waals surface area contributed by atoms with E-state index in [2.05, 4.69) is 4.74 Å². The SMILES string of the molecule is COC(=O)/C=C/[C@@H]1[C@H](C)C(=O)N1c1ccc(OC)cc1. The van der Waals surface area contributed by atoms with E-state index in [1.165, 1.54) is 13.2 Å². The second-order valence-corrected chi connectivity index (χ2v) is 4.57. The predicted molar refractivity (Wildman–Crippen MR) is 74.6 cm³/mol. The van der Waals surface area contributed by atoms with Crippen molar-refractivity contribution in [1.82, 2.24) is 0 Å². The molecule has 106 valence electrons. The first kappa shape index (κ1) is 14.1. The summed E-state index contributed by atoms with van der Waals surface area (Å²) >= 11 is 0. The summed E-state index contributed by atoms with van der Waals surface area (Å²) in [6.07, 6.45) is 3.05. The van der Waals surface area contributed by atoms with Crippen LogP contribution in [0.15, 0.2) is 36.4 Å². The van der Waals surface area contributed by atoms with Crippen molar-refractivity contribution in [3.63, 3.8) is 0 Å². The molecule has 2 atom stereocenters. The fraction of sp³-hybridized carbons (Fsp3) is 0.333. The van der Waals surface area contributed by atoms with Gasteiger partial charge >= 0.3 is 5.97 Å². The van der Waals surface area contributed by atoms with Crippen LogP contribution in [0.4, 0.5) is 5.69 Å². The zero-order valence-electron chi connectivity index (χ0n) is 11.7. The van der Waals surface area contributed by atoms with Gasteiger partial charge in [0.05, 0.1) is 26.2 Å². The molecule has 1 aliphatic rings. The Hall–Kier alpha value is -2.30. The molecule has 0 bridgehead atoms. The Kier molecular flexibility index (Phi) is 4.08.